The number of rotatable bonds is 3. The van der Waals surface area contributed by atoms with E-state index in [-0.39, 0.29) is 0 Å². The number of nitrogens with zero attached hydrogens (tertiary/aromatic N) is 2. The van der Waals surface area contributed by atoms with Crippen LogP contribution < -0.4 is 5.32 Å². The summed E-state index contributed by atoms with van der Waals surface area (Å²) in [6.07, 6.45) is 0. The van der Waals surface area contributed by atoms with E-state index in [2.05, 4.69) is 10.5 Å². The van der Waals surface area contributed by atoms with Gasteiger partial charge in [0, 0.05) is 18.7 Å². The van der Waals surface area contributed by atoms with Crippen molar-refractivity contribution >= 4 is 11.8 Å². The van der Waals surface area contributed by atoms with Gasteiger partial charge >= 0.3 is 6.03 Å². The van der Waals surface area contributed by atoms with Crippen molar-refractivity contribution in [2.75, 3.05) is 19.5 Å². The number of nitrogens with one attached hydrogen (secondary N) is 1. The molecule has 1 N–H and O–H groups in total. The number of benzene rings is 1. The molecule has 1 aromatic carbocycles. The second-order valence-electron chi connectivity index (χ2n) is 3.55. The van der Waals surface area contributed by atoms with E-state index in [1.165, 1.54) is 14.2 Å². The molecule has 0 fully saturated rings. The van der Waals surface area contributed by atoms with Crippen molar-refractivity contribution in [3.05, 3.63) is 36.4 Å². The summed E-state index contributed by atoms with van der Waals surface area (Å²) >= 11 is 0. The van der Waals surface area contributed by atoms with Gasteiger partial charge in [-0.25, -0.2) is 9.86 Å². The van der Waals surface area contributed by atoms with E-state index >= 15 is 0 Å². The number of hydrogen-bond acceptors (Lipinski definition) is 4. The molecule has 1 heterocycles. The summed E-state index contributed by atoms with van der Waals surface area (Å²) in [4.78, 5) is 16.2. The van der Waals surface area contributed by atoms with E-state index in [1.807, 2.05) is 30.3 Å². The predicted molar refractivity (Wildman–Crippen MR) is 65.7 cm³/mol. The molecular weight excluding hydrogens is 234 g/mol. The lowest BCUT2D eigenvalue weighted by molar-refractivity contribution is -0.0598. The monoisotopic (exact) mass is 247 g/mol. The fourth-order valence-electron chi connectivity index (χ4n) is 1.34. The highest BCUT2D eigenvalue weighted by Gasteiger charge is 2.12. The van der Waals surface area contributed by atoms with Crippen LogP contribution in [0.4, 0.5) is 10.6 Å². The summed E-state index contributed by atoms with van der Waals surface area (Å²) in [5.74, 6) is 0.925. The van der Waals surface area contributed by atoms with Gasteiger partial charge in [0.2, 0.25) is 0 Å². The Labute approximate surface area is 104 Å². The molecule has 2 aromatic rings. The fraction of sp³-hybridized carbons (Fsp3) is 0.167. The van der Waals surface area contributed by atoms with E-state index in [4.69, 9.17) is 9.36 Å². The van der Waals surface area contributed by atoms with Gasteiger partial charge in [0.1, 0.15) is 0 Å². The molecular formula is C12H13N3O3. The summed E-state index contributed by atoms with van der Waals surface area (Å²) in [6, 6.07) is 10.7. The van der Waals surface area contributed by atoms with E-state index in [0.29, 0.717) is 11.6 Å². The quantitative estimate of drug-likeness (QED) is 0.845. The molecule has 0 unspecified atom stereocenters. The largest absolute Gasteiger partial charge is 0.354 e. The molecule has 2 amide bonds. The van der Waals surface area contributed by atoms with Crippen molar-refractivity contribution in [3.63, 3.8) is 0 Å². The predicted octanol–water partition coefficient (Wildman–Crippen LogP) is 2.37. The van der Waals surface area contributed by atoms with Crippen LogP contribution in [0.25, 0.3) is 11.3 Å². The van der Waals surface area contributed by atoms with Gasteiger partial charge in [-0.3, -0.25) is 10.2 Å². The lowest BCUT2D eigenvalue weighted by atomic mass is 10.2. The third-order valence-corrected chi connectivity index (χ3v) is 2.36. The highest BCUT2D eigenvalue weighted by atomic mass is 16.7. The molecule has 2 rings (SSSR count). The second-order valence-corrected chi connectivity index (χ2v) is 3.55. The average molecular weight is 247 g/mol. The normalized spacial score (nSPS) is 10.1. The summed E-state index contributed by atoms with van der Waals surface area (Å²) < 4.78 is 5.14. The summed E-state index contributed by atoms with van der Waals surface area (Å²) in [5.41, 5.74) is 0.894. The number of urea groups is 1. The highest BCUT2D eigenvalue weighted by molar-refractivity contribution is 5.87. The minimum Gasteiger partial charge on any atom is -0.354 e. The molecule has 0 bridgehead atoms. The number of carbonyl (C=O) groups is 1. The maximum Gasteiger partial charge on any atom is 0.346 e. The molecule has 0 spiro atoms. The molecule has 0 radical (unpaired) electrons. The first-order valence-corrected chi connectivity index (χ1v) is 5.31. The highest BCUT2D eigenvalue weighted by Crippen LogP contribution is 2.21. The van der Waals surface area contributed by atoms with Crippen LogP contribution in [-0.4, -0.2) is 30.4 Å². The lowest BCUT2D eigenvalue weighted by Gasteiger charge is -2.12. The molecule has 18 heavy (non-hydrogen) atoms. The van der Waals surface area contributed by atoms with E-state index in [0.717, 1.165) is 10.6 Å². The van der Waals surface area contributed by atoms with Crippen LogP contribution >= 0.6 is 0 Å². The van der Waals surface area contributed by atoms with Crippen molar-refractivity contribution < 1.29 is 14.2 Å². The first-order chi connectivity index (χ1) is 8.70. The SMILES string of the molecule is CON(C)C(=O)Nc1cc(-c2ccccc2)on1. The minimum atomic E-state index is -0.426. The van der Waals surface area contributed by atoms with Crippen molar-refractivity contribution in [2.24, 2.45) is 0 Å². The van der Waals surface area contributed by atoms with Crippen LogP contribution in [0.5, 0.6) is 0 Å². The van der Waals surface area contributed by atoms with Crippen molar-refractivity contribution in [3.8, 4) is 11.3 Å². The van der Waals surface area contributed by atoms with Crippen molar-refractivity contribution in [1.29, 1.82) is 0 Å². The van der Waals surface area contributed by atoms with Crippen LogP contribution in [0.3, 0.4) is 0 Å². The van der Waals surface area contributed by atoms with Crippen molar-refractivity contribution in [2.45, 2.75) is 0 Å². The number of aromatic nitrogens is 1. The van der Waals surface area contributed by atoms with Gasteiger partial charge in [0.05, 0.1) is 7.11 Å². The Morgan fingerprint density at radius 1 is 1.39 bits per heavy atom. The number of anilines is 1. The smallest absolute Gasteiger partial charge is 0.346 e. The number of hydroxylamine groups is 2. The average Bonchev–Trinajstić information content (AvgIpc) is 2.87. The number of hydrogen-bond donors (Lipinski definition) is 1. The number of carbonyl (C=O) groups excluding carboxylic acids is 1. The molecule has 6 heteroatoms. The molecule has 6 nitrogen and oxygen atoms in total. The van der Waals surface area contributed by atoms with E-state index in [1.54, 1.807) is 6.07 Å². The lowest BCUT2D eigenvalue weighted by Crippen LogP contribution is -2.30. The molecule has 0 aliphatic rings. The topological polar surface area (TPSA) is 67.6 Å². The Morgan fingerprint density at radius 2 is 2.11 bits per heavy atom. The molecule has 0 saturated heterocycles. The maximum atomic E-state index is 11.5. The standard InChI is InChI=1S/C12H13N3O3/c1-15(17-2)12(16)13-11-8-10(18-14-11)9-6-4-3-5-7-9/h3-8H,1-2H3,(H,13,14,16). The number of amides is 2. The summed E-state index contributed by atoms with van der Waals surface area (Å²) in [7, 11) is 2.89. The van der Waals surface area contributed by atoms with Crippen molar-refractivity contribution in [1.82, 2.24) is 10.2 Å². The first-order valence-electron chi connectivity index (χ1n) is 5.31. The Kier molecular flexibility index (Phi) is 3.59. The molecule has 0 aliphatic carbocycles. The first kappa shape index (κ1) is 12.1. The molecule has 94 valence electrons. The Hall–Kier alpha value is -2.34. The zero-order chi connectivity index (χ0) is 13.0. The van der Waals surface area contributed by atoms with Crippen LogP contribution in [0, 0.1) is 0 Å². The van der Waals surface area contributed by atoms with Gasteiger partial charge < -0.3 is 4.52 Å². The van der Waals surface area contributed by atoms with Gasteiger partial charge in [-0.05, 0) is 0 Å². The van der Waals surface area contributed by atoms with Gasteiger partial charge in [-0.15, -0.1) is 0 Å². The van der Waals surface area contributed by atoms with Crippen LogP contribution in [0.1, 0.15) is 0 Å². The second kappa shape index (κ2) is 5.33. The maximum absolute atomic E-state index is 11.5. The van der Waals surface area contributed by atoms with E-state index in [9.17, 15) is 4.79 Å². The third kappa shape index (κ3) is 2.67. The Morgan fingerprint density at radius 3 is 2.78 bits per heavy atom. The summed E-state index contributed by atoms with van der Waals surface area (Å²) in [6.45, 7) is 0. The van der Waals surface area contributed by atoms with E-state index < -0.39 is 6.03 Å². The van der Waals surface area contributed by atoms with Crippen LogP contribution in [0.2, 0.25) is 0 Å². The Balaban J connectivity index is 2.10. The van der Waals surface area contributed by atoms with Gasteiger partial charge in [0.15, 0.2) is 11.6 Å². The zero-order valence-corrected chi connectivity index (χ0v) is 10.1. The zero-order valence-electron chi connectivity index (χ0n) is 10.1. The summed E-state index contributed by atoms with van der Waals surface area (Å²) in [5, 5.41) is 7.35. The molecule has 0 aliphatic heterocycles. The molecule has 0 saturated carbocycles. The molecule has 1 aromatic heterocycles. The Bertz CT molecular complexity index is 524. The minimum absolute atomic E-state index is 0.336. The van der Waals surface area contributed by atoms with Crippen LogP contribution in [-0.2, 0) is 4.84 Å². The third-order valence-electron chi connectivity index (χ3n) is 2.36. The molecule has 0 atom stereocenters. The van der Waals surface area contributed by atoms with Gasteiger partial charge in [0.25, 0.3) is 0 Å². The van der Waals surface area contributed by atoms with Gasteiger partial charge in [-0.2, -0.15) is 0 Å². The van der Waals surface area contributed by atoms with Crippen LogP contribution in [0.15, 0.2) is 40.9 Å². The van der Waals surface area contributed by atoms with Gasteiger partial charge in [-0.1, -0.05) is 35.5 Å². The fourth-order valence-corrected chi connectivity index (χ4v) is 1.34.